The van der Waals surface area contributed by atoms with Crippen LogP contribution in [0.2, 0.25) is 0 Å². The summed E-state index contributed by atoms with van der Waals surface area (Å²) in [6, 6.07) is 1.22. The minimum Gasteiger partial charge on any atom is -0.263 e. The molecule has 0 aliphatic rings. The molecule has 0 fully saturated rings. The van der Waals surface area contributed by atoms with Crippen molar-refractivity contribution in [2.45, 2.75) is 19.3 Å². The molecule has 7 heteroatoms. The predicted molar refractivity (Wildman–Crippen MR) is 50.4 cm³/mol. The highest BCUT2D eigenvalue weighted by Gasteiger charge is 2.41. The van der Waals surface area contributed by atoms with Crippen LogP contribution in [0.25, 0.3) is 0 Å². The number of alkyl halides is 6. The number of hydrogen-bond donors (Lipinski definition) is 0. The van der Waals surface area contributed by atoms with Gasteiger partial charge in [0.25, 0.3) is 0 Å². The Balaban J connectivity index is 3.64. The maximum atomic E-state index is 12.5. The number of rotatable bonds is 1. The SMILES string of the molecule is C=Nc1c(C(F)(F)F)cc(C)cc1C(F)(F)F. The van der Waals surface area contributed by atoms with Crippen LogP contribution in [0.5, 0.6) is 0 Å². The molecule has 0 bridgehead atoms. The van der Waals surface area contributed by atoms with Gasteiger partial charge in [0.2, 0.25) is 0 Å². The zero-order chi connectivity index (χ0) is 13.4. The monoisotopic (exact) mass is 255 g/mol. The van der Waals surface area contributed by atoms with E-state index >= 15 is 0 Å². The van der Waals surface area contributed by atoms with Gasteiger partial charge in [-0.05, 0) is 31.3 Å². The van der Waals surface area contributed by atoms with Crippen molar-refractivity contribution >= 4 is 12.4 Å². The van der Waals surface area contributed by atoms with Gasteiger partial charge in [-0.1, -0.05) is 0 Å². The number of nitrogens with zero attached hydrogens (tertiary/aromatic N) is 1. The van der Waals surface area contributed by atoms with E-state index in [0.717, 1.165) is 6.92 Å². The molecule has 1 rings (SSSR count). The second kappa shape index (κ2) is 4.05. The molecule has 0 aliphatic heterocycles. The molecular formula is C10H7F6N. The Morgan fingerprint density at radius 2 is 1.29 bits per heavy atom. The predicted octanol–water partition coefficient (Wildman–Crippen LogP) is 4.36. The average molecular weight is 255 g/mol. The molecule has 0 N–H and O–H groups in total. The van der Waals surface area contributed by atoms with Gasteiger partial charge in [0, 0.05) is 0 Å². The molecular weight excluding hydrogens is 248 g/mol. The Labute approximate surface area is 92.8 Å². The molecule has 0 aliphatic carbocycles. The molecule has 0 saturated heterocycles. The highest BCUT2D eigenvalue weighted by atomic mass is 19.4. The van der Waals surface area contributed by atoms with Gasteiger partial charge < -0.3 is 0 Å². The molecule has 0 atom stereocenters. The quantitative estimate of drug-likeness (QED) is 0.522. The lowest BCUT2D eigenvalue weighted by molar-refractivity contribution is -0.142. The first kappa shape index (κ1) is 13.5. The maximum absolute atomic E-state index is 12.5. The Hall–Kier alpha value is -1.53. The molecule has 1 aromatic carbocycles. The molecule has 0 saturated carbocycles. The first-order valence-corrected chi connectivity index (χ1v) is 4.33. The third kappa shape index (κ3) is 2.78. The summed E-state index contributed by atoms with van der Waals surface area (Å²) in [5.74, 6) is 0. The van der Waals surface area contributed by atoms with Crippen LogP contribution in [0.15, 0.2) is 17.1 Å². The van der Waals surface area contributed by atoms with Gasteiger partial charge in [-0.25, -0.2) is 0 Å². The number of aryl methyl sites for hydroxylation is 1. The number of halogens is 6. The molecule has 0 radical (unpaired) electrons. The summed E-state index contributed by atoms with van der Waals surface area (Å²) in [6.07, 6.45) is -9.80. The van der Waals surface area contributed by atoms with Crippen molar-refractivity contribution in [2.24, 2.45) is 4.99 Å². The van der Waals surface area contributed by atoms with Crippen molar-refractivity contribution in [1.29, 1.82) is 0 Å². The van der Waals surface area contributed by atoms with Crippen LogP contribution in [0, 0.1) is 6.92 Å². The Morgan fingerprint density at radius 1 is 0.941 bits per heavy atom. The van der Waals surface area contributed by atoms with Crippen LogP contribution in [-0.2, 0) is 12.4 Å². The molecule has 0 aromatic heterocycles. The molecule has 17 heavy (non-hydrogen) atoms. The second-order valence-electron chi connectivity index (χ2n) is 3.36. The standard InChI is InChI=1S/C10H7F6N/c1-5-3-6(9(11,12)13)8(17-2)7(4-5)10(14,15)16/h3-4H,2H2,1H3. The highest BCUT2D eigenvalue weighted by Crippen LogP contribution is 2.44. The summed E-state index contributed by atoms with van der Waals surface area (Å²) in [7, 11) is 0. The van der Waals surface area contributed by atoms with E-state index in [1.165, 1.54) is 0 Å². The summed E-state index contributed by atoms with van der Waals surface area (Å²) < 4.78 is 75.2. The van der Waals surface area contributed by atoms with Crippen LogP contribution in [0.4, 0.5) is 32.0 Å². The summed E-state index contributed by atoms with van der Waals surface area (Å²) in [4.78, 5) is 2.85. The van der Waals surface area contributed by atoms with E-state index in [0.29, 0.717) is 12.1 Å². The minimum atomic E-state index is -4.90. The Morgan fingerprint density at radius 3 is 1.53 bits per heavy atom. The van der Waals surface area contributed by atoms with Crippen LogP contribution in [0.3, 0.4) is 0 Å². The Bertz CT molecular complexity index is 408. The molecule has 0 unspecified atom stereocenters. The largest absolute Gasteiger partial charge is 0.418 e. The van der Waals surface area contributed by atoms with E-state index < -0.39 is 29.2 Å². The molecule has 0 heterocycles. The number of benzene rings is 1. The van der Waals surface area contributed by atoms with E-state index in [1.807, 2.05) is 0 Å². The van der Waals surface area contributed by atoms with Gasteiger partial charge in [-0.15, -0.1) is 0 Å². The third-order valence-electron chi connectivity index (χ3n) is 2.02. The van der Waals surface area contributed by atoms with Crippen molar-refractivity contribution < 1.29 is 26.3 Å². The fourth-order valence-corrected chi connectivity index (χ4v) is 1.38. The summed E-state index contributed by atoms with van der Waals surface area (Å²) >= 11 is 0. The lowest BCUT2D eigenvalue weighted by Gasteiger charge is -2.16. The first-order valence-electron chi connectivity index (χ1n) is 4.33. The van der Waals surface area contributed by atoms with Crippen molar-refractivity contribution in [3.8, 4) is 0 Å². The lowest BCUT2D eigenvalue weighted by atomic mass is 10.0. The van der Waals surface area contributed by atoms with E-state index in [-0.39, 0.29) is 5.56 Å². The third-order valence-corrected chi connectivity index (χ3v) is 2.02. The molecule has 1 nitrogen and oxygen atoms in total. The van der Waals surface area contributed by atoms with E-state index in [1.54, 1.807) is 0 Å². The van der Waals surface area contributed by atoms with Crippen LogP contribution >= 0.6 is 0 Å². The summed E-state index contributed by atoms with van der Waals surface area (Å²) in [5.41, 5.74) is -4.19. The van der Waals surface area contributed by atoms with Crippen LogP contribution in [0.1, 0.15) is 16.7 Å². The van der Waals surface area contributed by atoms with Gasteiger partial charge in [-0.2, -0.15) is 26.3 Å². The fourth-order valence-electron chi connectivity index (χ4n) is 1.38. The lowest BCUT2D eigenvalue weighted by Crippen LogP contribution is -2.12. The highest BCUT2D eigenvalue weighted by molar-refractivity contribution is 5.60. The minimum absolute atomic E-state index is 0.142. The zero-order valence-electron chi connectivity index (χ0n) is 8.58. The molecule has 94 valence electrons. The maximum Gasteiger partial charge on any atom is 0.418 e. The van der Waals surface area contributed by atoms with Crippen LogP contribution in [-0.4, -0.2) is 6.72 Å². The zero-order valence-corrected chi connectivity index (χ0v) is 8.58. The van der Waals surface area contributed by atoms with E-state index in [4.69, 9.17) is 0 Å². The number of hydrogen-bond acceptors (Lipinski definition) is 1. The van der Waals surface area contributed by atoms with Gasteiger partial charge in [0.15, 0.2) is 0 Å². The normalized spacial score (nSPS) is 12.6. The van der Waals surface area contributed by atoms with E-state index in [2.05, 4.69) is 11.7 Å². The summed E-state index contributed by atoms with van der Waals surface area (Å²) in [6.45, 7) is 3.91. The molecule has 0 amide bonds. The topological polar surface area (TPSA) is 12.4 Å². The second-order valence-corrected chi connectivity index (χ2v) is 3.36. The summed E-state index contributed by atoms with van der Waals surface area (Å²) in [5, 5.41) is 0. The van der Waals surface area contributed by atoms with Crippen molar-refractivity contribution in [3.05, 3.63) is 28.8 Å². The van der Waals surface area contributed by atoms with Gasteiger partial charge in [-0.3, -0.25) is 4.99 Å². The van der Waals surface area contributed by atoms with Crippen molar-refractivity contribution in [1.82, 2.24) is 0 Å². The van der Waals surface area contributed by atoms with Gasteiger partial charge >= 0.3 is 12.4 Å². The first-order chi connectivity index (χ1) is 7.57. The smallest absolute Gasteiger partial charge is 0.263 e. The molecule has 0 spiro atoms. The fraction of sp³-hybridized carbons (Fsp3) is 0.300. The van der Waals surface area contributed by atoms with E-state index in [9.17, 15) is 26.3 Å². The average Bonchev–Trinajstić information content (AvgIpc) is 2.13. The van der Waals surface area contributed by atoms with Crippen molar-refractivity contribution in [3.63, 3.8) is 0 Å². The van der Waals surface area contributed by atoms with Crippen molar-refractivity contribution in [2.75, 3.05) is 0 Å². The van der Waals surface area contributed by atoms with Gasteiger partial charge in [0.1, 0.15) is 0 Å². The molecule has 1 aromatic rings. The number of aliphatic imine (C=N–C) groups is 1. The Kier molecular flexibility index (Phi) is 3.22. The van der Waals surface area contributed by atoms with Crippen LogP contribution < -0.4 is 0 Å². The van der Waals surface area contributed by atoms with Gasteiger partial charge in [0.05, 0.1) is 16.8 Å².